The van der Waals surface area contributed by atoms with E-state index in [2.05, 4.69) is 15.8 Å². The number of aliphatic carboxylic acids is 1. The number of nitrogens with zero attached hydrogens (tertiary/aromatic N) is 1. The van der Waals surface area contributed by atoms with Crippen molar-refractivity contribution in [2.24, 2.45) is 5.10 Å². The first kappa shape index (κ1) is 16.3. The Hall–Kier alpha value is -3.03. The summed E-state index contributed by atoms with van der Waals surface area (Å²) in [6.07, 6.45) is 2.91. The number of hydrogen-bond donors (Lipinski definition) is 3. The Balaban J connectivity index is 2.01. The van der Waals surface area contributed by atoms with Crippen LogP contribution < -0.4 is 20.2 Å². The number of benzene rings is 1. The van der Waals surface area contributed by atoms with Crippen molar-refractivity contribution in [2.45, 2.75) is 6.04 Å². The zero-order chi connectivity index (χ0) is 16.8. The molecule has 0 saturated heterocycles. The number of hydrogen-bond acceptors (Lipinski definition) is 6. The summed E-state index contributed by atoms with van der Waals surface area (Å²) in [7, 11) is 3.07. The third kappa shape index (κ3) is 4.00. The van der Waals surface area contributed by atoms with Gasteiger partial charge in [0.25, 0.3) is 0 Å². The van der Waals surface area contributed by atoms with E-state index in [9.17, 15) is 9.59 Å². The molecule has 0 radical (unpaired) electrons. The smallest absolute Gasteiger partial charge is 0.354 e. The van der Waals surface area contributed by atoms with Crippen LogP contribution in [0.15, 0.2) is 29.4 Å². The number of carbonyl (C=O) groups excluding carboxylic acids is 1. The lowest BCUT2D eigenvalue weighted by atomic mass is 10.1. The fourth-order valence-electron chi connectivity index (χ4n) is 2.06. The van der Waals surface area contributed by atoms with E-state index in [1.165, 1.54) is 20.3 Å². The molecule has 0 fully saturated rings. The van der Waals surface area contributed by atoms with Gasteiger partial charge in [-0.2, -0.15) is 5.10 Å². The lowest BCUT2D eigenvalue weighted by molar-refractivity contribution is -0.129. The predicted molar refractivity (Wildman–Crippen MR) is 83.6 cm³/mol. The number of ether oxygens (including phenoxy) is 2. The van der Waals surface area contributed by atoms with E-state index in [4.69, 9.17) is 14.6 Å². The lowest BCUT2D eigenvalue weighted by Gasteiger charge is -2.10. The van der Waals surface area contributed by atoms with Gasteiger partial charge in [0, 0.05) is 6.08 Å². The normalized spacial score (nSPS) is 16.6. The lowest BCUT2D eigenvalue weighted by Crippen LogP contribution is -2.43. The van der Waals surface area contributed by atoms with Gasteiger partial charge in [-0.05, 0) is 23.8 Å². The topological polar surface area (TPSA) is 109 Å². The highest BCUT2D eigenvalue weighted by molar-refractivity contribution is 6.38. The summed E-state index contributed by atoms with van der Waals surface area (Å²) in [6, 6.07) is 4.57. The van der Waals surface area contributed by atoms with Crippen LogP contribution in [0.1, 0.15) is 5.56 Å². The third-order valence-electron chi connectivity index (χ3n) is 3.20. The fraction of sp³-hybridized carbons (Fsp3) is 0.267. The van der Waals surface area contributed by atoms with Gasteiger partial charge in [-0.1, -0.05) is 6.07 Å². The molecule has 0 aromatic heterocycles. The van der Waals surface area contributed by atoms with Crippen LogP contribution >= 0.6 is 0 Å². The molecule has 3 N–H and O–H groups in total. The summed E-state index contributed by atoms with van der Waals surface area (Å²) in [5.74, 6) is -0.435. The van der Waals surface area contributed by atoms with Gasteiger partial charge in [-0.3, -0.25) is 4.79 Å². The van der Waals surface area contributed by atoms with Crippen molar-refractivity contribution in [3.8, 4) is 11.5 Å². The van der Waals surface area contributed by atoms with Crippen molar-refractivity contribution in [3.05, 3.63) is 29.8 Å². The van der Waals surface area contributed by atoms with Crippen LogP contribution in [0.4, 0.5) is 0 Å². The highest BCUT2D eigenvalue weighted by atomic mass is 16.5. The van der Waals surface area contributed by atoms with Crippen LogP contribution in [0.3, 0.4) is 0 Å². The van der Waals surface area contributed by atoms with Crippen LogP contribution in [-0.4, -0.2) is 49.5 Å². The third-order valence-corrected chi connectivity index (χ3v) is 3.20. The summed E-state index contributed by atoms with van der Waals surface area (Å²) >= 11 is 0. The molecule has 1 atom stereocenters. The van der Waals surface area contributed by atoms with Gasteiger partial charge in [0.15, 0.2) is 17.2 Å². The summed E-state index contributed by atoms with van der Waals surface area (Å²) in [6.45, 7) is 0.248. The maximum atomic E-state index is 11.9. The predicted octanol–water partition coefficient (Wildman–Crippen LogP) is 0.246. The molecule has 1 aromatic carbocycles. The summed E-state index contributed by atoms with van der Waals surface area (Å²) in [5, 5.41) is 15.1. The van der Waals surface area contributed by atoms with E-state index in [0.717, 1.165) is 5.56 Å². The standard InChI is InChI=1S/C15H17N3O5/c1-22-11-5-3-9(7-12(11)23-2)4-6-13(19)17-10-8-16-18-14(10)15(20)21/h3-7,10,16H,8H2,1-2H3,(H,17,19)(H,20,21)/b6-4+. The van der Waals surface area contributed by atoms with E-state index < -0.39 is 17.9 Å². The number of nitrogens with one attached hydrogen (secondary N) is 2. The highest BCUT2D eigenvalue weighted by Gasteiger charge is 2.27. The molecule has 0 aliphatic carbocycles. The van der Waals surface area contributed by atoms with Crippen LogP contribution in [0.2, 0.25) is 0 Å². The van der Waals surface area contributed by atoms with Gasteiger partial charge in [0.1, 0.15) is 0 Å². The number of carboxylic acids is 1. The van der Waals surface area contributed by atoms with Crippen molar-refractivity contribution in [3.63, 3.8) is 0 Å². The van der Waals surface area contributed by atoms with Gasteiger partial charge in [0.2, 0.25) is 5.91 Å². The average molecular weight is 319 g/mol. The molecule has 0 saturated carbocycles. The minimum atomic E-state index is -1.16. The van der Waals surface area contributed by atoms with Crippen molar-refractivity contribution in [2.75, 3.05) is 20.8 Å². The molecule has 1 aromatic rings. The number of hydrazone groups is 1. The second kappa shape index (κ2) is 7.30. The molecule has 8 heteroatoms. The van der Waals surface area contributed by atoms with Crippen LogP contribution in [0.5, 0.6) is 11.5 Å². The monoisotopic (exact) mass is 319 g/mol. The number of carbonyl (C=O) groups is 2. The Kier molecular flexibility index (Phi) is 5.19. The Morgan fingerprint density at radius 2 is 2.09 bits per heavy atom. The zero-order valence-corrected chi connectivity index (χ0v) is 12.7. The van der Waals surface area contributed by atoms with E-state index in [-0.39, 0.29) is 12.3 Å². The van der Waals surface area contributed by atoms with E-state index in [1.807, 2.05) is 0 Å². The summed E-state index contributed by atoms with van der Waals surface area (Å²) < 4.78 is 10.3. The Bertz CT molecular complexity index is 669. The average Bonchev–Trinajstić information content (AvgIpc) is 3.00. The molecule has 1 amide bonds. The minimum absolute atomic E-state index is 0.113. The van der Waals surface area contributed by atoms with Crippen molar-refractivity contribution >= 4 is 23.7 Å². The number of methoxy groups -OCH3 is 2. The molecule has 8 nitrogen and oxygen atoms in total. The zero-order valence-electron chi connectivity index (χ0n) is 12.7. The molecule has 1 aliphatic rings. The van der Waals surface area contributed by atoms with Crippen LogP contribution in [0, 0.1) is 0 Å². The molecular formula is C15H17N3O5. The van der Waals surface area contributed by atoms with Crippen molar-refractivity contribution < 1.29 is 24.2 Å². The van der Waals surface area contributed by atoms with E-state index in [0.29, 0.717) is 11.5 Å². The van der Waals surface area contributed by atoms with E-state index >= 15 is 0 Å². The van der Waals surface area contributed by atoms with Gasteiger partial charge < -0.3 is 25.3 Å². The second-order valence-electron chi connectivity index (χ2n) is 4.67. The SMILES string of the molecule is COc1ccc(/C=C/C(=O)NC2CNN=C2C(=O)O)cc1OC. The van der Waals surface area contributed by atoms with Gasteiger partial charge >= 0.3 is 5.97 Å². The maximum absolute atomic E-state index is 11.9. The Morgan fingerprint density at radius 3 is 2.74 bits per heavy atom. The number of rotatable bonds is 6. The molecule has 1 heterocycles. The molecule has 23 heavy (non-hydrogen) atoms. The summed E-state index contributed by atoms with van der Waals surface area (Å²) in [5.41, 5.74) is 3.18. The molecule has 1 aliphatic heterocycles. The highest BCUT2D eigenvalue weighted by Crippen LogP contribution is 2.27. The van der Waals surface area contributed by atoms with Gasteiger partial charge in [-0.25, -0.2) is 4.79 Å². The van der Waals surface area contributed by atoms with Gasteiger partial charge in [0.05, 0.1) is 26.8 Å². The summed E-state index contributed by atoms with van der Waals surface area (Å²) in [4.78, 5) is 22.8. The first-order valence-corrected chi connectivity index (χ1v) is 6.79. The Labute approximate surface area is 132 Å². The first-order valence-electron chi connectivity index (χ1n) is 6.79. The molecule has 2 rings (SSSR count). The quantitative estimate of drug-likeness (QED) is 0.648. The fourth-order valence-corrected chi connectivity index (χ4v) is 2.06. The number of carboxylic acid groups (broad SMARTS) is 1. The van der Waals surface area contributed by atoms with Gasteiger partial charge in [-0.15, -0.1) is 0 Å². The van der Waals surface area contributed by atoms with Crippen LogP contribution in [0.25, 0.3) is 6.08 Å². The first-order chi connectivity index (χ1) is 11.0. The largest absolute Gasteiger partial charge is 0.493 e. The minimum Gasteiger partial charge on any atom is -0.493 e. The molecular weight excluding hydrogens is 302 g/mol. The number of amides is 1. The molecule has 0 bridgehead atoms. The second-order valence-corrected chi connectivity index (χ2v) is 4.67. The van der Waals surface area contributed by atoms with E-state index in [1.54, 1.807) is 24.3 Å². The van der Waals surface area contributed by atoms with Crippen molar-refractivity contribution in [1.82, 2.24) is 10.7 Å². The maximum Gasteiger partial charge on any atom is 0.354 e. The Morgan fingerprint density at radius 1 is 1.35 bits per heavy atom. The molecule has 122 valence electrons. The van der Waals surface area contributed by atoms with Crippen molar-refractivity contribution in [1.29, 1.82) is 0 Å². The van der Waals surface area contributed by atoms with Crippen LogP contribution in [-0.2, 0) is 9.59 Å². The molecule has 1 unspecified atom stereocenters. The molecule has 0 spiro atoms.